The Bertz CT molecular complexity index is 976. The highest BCUT2D eigenvalue weighted by molar-refractivity contribution is 7.89. The summed E-state index contributed by atoms with van der Waals surface area (Å²) in [6.45, 7) is 1.25. The molecule has 1 saturated heterocycles. The maximum absolute atomic E-state index is 12.7. The van der Waals surface area contributed by atoms with Crippen LogP contribution in [-0.4, -0.2) is 62.3 Å². The first-order valence-electron chi connectivity index (χ1n) is 9.49. The molecule has 1 aliphatic rings. The van der Waals surface area contributed by atoms with Gasteiger partial charge in [-0.25, -0.2) is 13.2 Å². The first-order valence-corrected chi connectivity index (χ1v) is 11.3. The molecule has 2 aromatic carbocycles. The van der Waals surface area contributed by atoms with E-state index in [0.717, 1.165) is 0 Å². The van der Waals surface area contributed by atoms with Crippen molar-refractivity contribution in [2.75, 3.05) is 38.0 Å². The zero-order chi connectivity index (χ0) is 21.6. The van der Waals surface area contributed by atoms with Gasteiger partial charge in [-0.05, 0) is 36.4 Å². The normalized spacial score (nSPS) is 14.9. The number of halogens is 1. The monoisotopic (exact) mass is 450 g/mol. The van der Waals surface area contributed by atoms with Crippen LogP contribution in [0.1, 0.15) is 6.42 Å². The smallest absolute Gasteiger partial charge is 0.319 e. The number of rotatable bonds is 6. The van der Waals surface area contributed by atoms with Crippen molar-refractivity contribution < 1.29 is 18.0 Å². The molecule has 0 bridgehead atoms. The molecule has 160 valence electrons. The highest BCUT2D eigenvalue weighted by atomic mass is 35.5. The third-order valence-corrected chi connectivity index (χ3v) is 6.86. The minimum absolute atomic E-state index is 0.126. The molecule has 10 heteroatoms. The van der Waals surface area contributed by atoms with E-state index in [2.05, 4.69) is 10.6 Å². The number of nitrogens with zero attached hydrogens (tertiary/aromatic N) is 2. The maximum Gasteiger partial charge on any atom is 0.319 e. The highest BCUT2D eigenvalue weighted by Crippen LogP contribution is 2.20. The summed E-state index contributed by atoms with van der Waals surface area (Å²) in [7, 11) is -3.61. The van der Waals surface area contributed by atoms with Gasteiger partial charge < -0.3 is 15.5 Å². The number of nitrogens with one attached hydrogen (secondary N) is 2. The van der Waals surface area contributed by atoms with E-state index >= 15 is 0 Å². The van der Waals surface area contributed by atoms with Gasteiger partial charge in [0.05, 0.1) is 4.90 Å². The molecule has 0 unspecified atom stereocenters. The van der Waals surface area contributed by atoms with E-state index < -0.39 is 10.0 Å². The zero-order valence-corrected chi connectivity index (χ0v) is 17.8. The molecule has 0 aromatic heterocycles. The second-order valence-corrected chi connectivity index (χ2v) is 9.11. The van der Waals surface area contributed by atoms with E-state index in [1.165, 1.54) is 28.6 Å². The SMILES string of the molecule is O=C(NCCC(=O)N1CCN(S(=O)(=O)c2ccc(Cl)cc2)CC1)Nc1ccccc1. The molecule has 3 amide bonds. The van der Waals surface area contributed by atoms with E-state index in [0.29, 0.717) is 23.8 Å². The summed E-state index contributed by atoms with van der Waals surface area (Å²) in [6, 6.07) is 14.6. The van der Waals surface area contributed by atoms with Crippen molar-refractivity contribution in [2.45, 2.75) is 11.3 Å². The van der Waals surface area contributed by atoms with Crippen LogP contribution in [0.4, 0.5) is 10.5 Å². The number of benzene rings is 2. The van der Waals surface area contributed by atoms with Gasteiger partial charge in [-0.15, -0.1) is 0 Å². The molecule has 2 N–H and O–H groups in total. The molecule has 2 aromatic rings. The van der Waals surface area contributed by atoms with Gasteiger partial charge in [0.25, 0.3) is 0 Å². The second-order valence-electron chi connectivity index (χ2n) is 6.74. The van der Waals surface area contributed by atoms with Crippen molar-refractivity contribution >= 4 is 39.2 Å². The number of sulfonamides is 1. The van der Waals surface area contributed by atoms with Crippen molar-refractivity contribution in [3.05, 3.63) is 59.6 Å². The Morgan fingerprint density at radius 3 is 2.20 bits per heavy atom. The summed E-state index contributed by atoms with van der Waals surface area (Å²) in [6.07, 6.45) is 0.145. The Hall–Kier alpha value is -2.62. The van der Waals surface area contributed by atoms with Gasteiger partial charge in [-0.3, -0.25) is 4.79 Å². The lowest BCUT2D eigenvalue weighted by Crippen LogP contribution is -2.50. The van der Waals surface area contributed by atoms with Crippen molar-refractivity contribution in [3.63, 3.8) is 0 Å². The molecule has 8 nitrogen and oxygen atoms in total. The number of piperazine rings is 1. The van der Waals surface area contributed by atoms with Crippen molar-refractivity contribution in [2.24, 2.45) is 0 Å². The summed E-state index contributed by atoms with van der Waals surface area (Å²) in [4.78, 5) is 26.0. The Balaban J connectivity index is 1.42. The molecule has 0 radical (unpaired) electrons. The molecule has 1 fully saturated rings. The third-order valence-electron chi connectivity index (χ3n) is 4.70. The number of hydrogen-bond donors (Lipinski definition) is 2. The van der Waals surface area contributed by atoms with Crippen LogP contribution in [0.25, 0.3) is 0 Å². The van der Waals surface area contributed by atoms with Gasteiger partial charge in [0.1, 0.15) is 0 Å². The number of carbonyl (C=O) groups is 2. The van der Waals surface area contributed by atoms with Gasteiger partial charge in [0.2, 0.25) is 15.9 Å². The van der Waals surface area contributed by atoms with Crippen LogP contribution >= 0.6 is 11.6 Å². The predicted molar refractivity (Wildman–Crippen MR) is 115 cm³/mol. The Morgan fingerprint density at radius 2 is 1.57 bits per heavy atom. The fraction of sp³-hybridized carbons (Fsp3) is 0.300. The lowest BCUT2D eigenvalue weighted by molar-refractivity contribution is -0.132. The molecular formula is C20H23ClN4O4S. The van der Waals surface area contributed by atoms with Gasteiger partial charge in [0, 0.05) is 49.9 Å². The molecule has 1 aliphatic heterocycles. The lowest BCUT2D eigenvalue weighted by Gasteiger charge is -2.34. The van der Waals surface area contributed by atoms with Crippen LogP contribution in [0.5, 0.6) is 0 Å². The third kappa shape index (κ3) is 5.71. The van der Waals surface area contributed by atoms with Crippen LogP contribution in [0, 0.1) is 0 Å². The minimum Gasteiger partial charge on any atom is -0.340 e. The average molecular weight is 451 g/mol. The van der Waals surface area contributed by atoms with Crippen LogP contribution in [-0.2, 0) is 14.8 Å². The molecule has 30 heavy (non-hydrogen) atoms. The van der Waals surface area contributed by atoms with E-state index in [1.807, 2.05) is 18.2 Å². The van der Waals surface area contributed by atoms with Crippen molar-refractivity contribution in [1.82, 2.24) is 14.5 Å². The summed E-state index contributed by atoms with van der Waals surface area (Å²) in [5.41, 5.74) is 0.666. The molecule has 0 saturated carbocycles. The number of hydrogen-bond acceptors (Lipinski definition) is 4. The predicted octanol–water partition coefficient (Wildman–Crippen LogP) is 2.38. The maximum atomic E-state index is 12.7. The summed E-state index contributed by atoms with van der Waals surface area (Å²) in [5, 5.41) is 5.79. The fourth-order valence-corrected chi connectivity index (χ4v) is 4.62. The standard InChI is InChI=1S/C20H23ClN4O4S/c21-16-6-8-18(9-7-16)30(28,29)25-14-12-24(13-15-25)19(26)10-11-22-20(27)23-17-4-2-1-3-5-17/h1-9H,10-15H2,(H2,22,23,27). The molecule has 0 atom stereocenters. The molecule has 3 rings (SSSR count). The van der Waals surface area contributed by atoms with E-state index in [1.54, 1.807) is 17.0 Å². The first-order chi connectivity index (χ1) is 14.4. The number of urea groups is 1. The fourth-order valence-electron chi connectivity index (χ4n) is 3.07. The van der Waals surface area contributed by atoms with Gasteiger partial charge >= 0.3 is 6.03 Å². The van der Waals surface area contributed by atoms with Crippen LogP contribution in [0.3, 0.4) is 0 Å². The Morgan fingerprint density at radius 1 is 0.933 bits per heavy atom. The quantitative estimate of drug-likeness (QED) is 0.705. The first kappa shape index (κ1) is 22.1. The summed E-state index contributed by atoms with van der Waals surface area (Å²) >= 11 is 5.82. The van der Waals surface area contributed by atoms with Crippen LogP contribution in [0.15, 0.2) is 59.5 Å². The Labute approximate surface area is 180 Å². The largest absolute Gasteiger partial charge is 0.340 e. The number of anilines is 1. The highest BCUT2D eigenvalue weighted by Gasteiger charge is 2.29. The number of carbonyl (C=O) groups excluding carboxylic acids is 2. The van der Waals surface area contributed by atoms with Crippen LogP contribution in [0.2, 0.25) is 5.02 Å². The van der Waals surface area contributed by atoms with Crippen molar-refractivity contribution in [1.29, 1.82) is 0 Å². The van der Waals surface area contributed by atoms with Gasteiger partial charge in [-0.2, -0.15) is 4.31 Å². The van der Waals surface area contributed by atoms with E-state index in [9.17, 15) is 18.0 Å². The molecule has 0 spiro atoms. The topological polar surface area (TPSA) is 98.8 Å². The molecule has 0 aliphatic carbocycles. The average Bonchev–Trinajstić information content (AvgIpc) is 2.75. The van der Waals surface area contributed by atoms with Gasteiger partial charge in [0.15, 0.2) is 0 Å². The molecule has 1 heterocycles. The van der Waals surface area contributed by atoms with Crippen LogP contribution < -0.4 is 10.6 Å². The number of para-hydroxylation sites is 1. The second kappa shape index (κ2) is 9.92. The molecular weight excluding hydrogens is 428 g/mol. The van der Waals surface area contributed by atoms with Crippen molar-refractivity contribution in [3.8, 4) is 0 Å². The van der Waals surface area contributed by atoms with E-state index in [4.69, 9.17) is 11.6 Å². The lowest BCUT2D eigenvalue weighted by atomic mass is 10.3. The summed E-state index contributed by atoms with van der Waals surface area (Å²) in [5.74, 6) is -0.126. The van der Waals surface area contributed by atoms with Gasteiger partial charge in [-0.1, -0.05) is 29.8 Å². The summed E-state index contributed by atoms with van der Waals surface area (Å²) < 4.78 is 26.8. The van der Waals surface area contributed by atoms with E-state index in [-0.39, 0.29) is 42.9 Å². The zero-order valence-electron chi connectivity index (χ0n) is 16.3. The Kier molecular flexibility index (Phi) is 7.30. The minimum atomic E-state index is -3.61. The number of amides is 3.